The number of aliphatic hydroxyl groups is 1. The lowest BCUT2D eigenvalue weighted by molar-refractivity contribution is -0.121. The summed E-state index contributed by atoms with van der Waals surface area (Å²) in [6, 6.07) is 0.304. The second-order valence-corrected chi connectivity index (χ2v) is 6.36. The Labute approximate surface area is 117 Å². The summed E-state index contributed by atoms with van der Waals surface area (Å²) >= 11 is 0. The van der Waals surface area contributed by atoms with Crippen LogP contribution in [0, 0.1) is 17.8 Å². The van der Waals surface area contributed by atoms with Crippen molar-refractivity contribution in [3.05, 3.63) is 0 Å². The van der Waals surface area contributed by atoms with Gasteiger partial charge in [0, 0.05) is 12.1 Å². The van der Waals surface area contributed by atoms with E-state index in [0.29, 0.717) is 30.3 Å². The fourth-order valence-electron chi connectivity index (χ4n) is 2.78. The lowest BCUT2D eigenvalue weighted by atomic mass is 9.78. The van der Waals surface area contributed by atoms with E-state index >= 15 is 0 Å². The highest BCUT2D eigenvalue weighted by molar-refractivity contribution is 5.78. The Balaban J connectivity index is 2.34. The minimum Gasteiger partial charge on any atom is -0.395 e. The van der Waals surface area contributed by atoms with Crippen LogP contribution in [-0.4, -0.2) is 36.2 Å². The maximum Gasteiger partial charge on any atom is 0.234 e. The molecule has 3 N–H and O–H groups in total. The molecule has 0 bridgehead atoms. The first-order chi connectivity index (χ1) is 8.95. The number of aliphatic hydroxyl groups excluding tert-OH is 1. The molecule has 0 unspecified atom stereocenters. The Morgan fingerprint density at radius 3 is 2.58 bits per heavy atom. The minimum atomic E-state index is -0.00606. The van der Waals surface area contributed by atoms with Crippen LogP contribution in [0.4, 0.5) is 0 Å². The first-order valence-electron chi connectivity index (χ1n) is 7.59. The van der Waals surface area contributed by atoms with Gasteiger partial charge in [0.05, 0.1) is 13.2 Å². The molecule has 4 heteroatoms. The van der Waals surface area contributed by atoms with Gasteiger partial charge in [-0.25, -0.2) is 0 Å². The van der Waals surface area contributed by atoms with Crippen LogP contribution in [0.1, 0.15) is 47.0 Å². The molecule has 0 aromatic carbocycles. The molecule has 4 atom stereocenters. The van der Waals surface area contributed by atoms with Gasteiger partial charge in [0.15, 0.2) is 0 Å². The van der Waals surface area contributed by atoms with Crippen LogP contribution in [0.25, 0.3) is 0 Å². The molecule has 0 aliphatic heterocycles. The number of hydrogen-bond donors (Lipinski definition) is 3. The zero-order valence-electron chi connectivity index (χ0n) is 12.8. The summed E-state index contributed by atoms with van der Waals surface area (Å²) in [5.74, 6) is 1.61. The molecular weight excluding hydrogens is 240 g/mol. The SMILES string of the molecule is CC(C)[C@@H](CO)NCC(=O)N[C@H]1CCC[C@@H](C)[C@@H]1C. The second kappa shape index (κ2) is 7.85. The molecule has 1 rings (SSSR count). The Bertz CT molecular complexity index is 281. The molecular formula is C15H30N2O2. The summed E-state index contributed by atoms with van der Waals surface area (Å²) < 4.78 is 0. The molecule has 19 heavy (non-hydrogen) atoms. The molecule has 1 amide bonds. The number of rotatable bonds is 6. The van der Waals surface area contributed by atoms with Gasteiger partial charge in [-0.15, -0.1) is 0 Å². The van der Waals surface area contributed by atoms with Gasteiger partial charge in [-0.3, -0.25) is 4.79 Å². The average molecular weight is 270 g/mol. The molecule has 112 valence electrons. The molecule has 4 nitrogen and oxygen atoms in total. The third-order valence-electron chi connectivity index (χ3n) is 4.58. The molecule has 0 saturated heterocycles. The van der Waals surface area contributed by atoms with Crippen molar-refractivity contribution in [1.29, 1.82) is 0 Å². The Hall–Kier alpha value is -0.610. The van der Waals surface area contributed by atoms with E-state index in [1.165, 1.54) is 12.8 Å². The highest BCUT2D eigenvalue weighted by Crippen LogP contribution is 2.29. The fourth-order valence-corrected chi connectivity index (χ4v) is 2.78. The zero-order chi connectivity index (χ0) is 14.4. The van der Waals surface area contributed by atoms with Crippen molar-refractivity contribution in [3.8, 4) is 0 Å². The third kappa shape index (κ3) is 5.11. The van der Waals surface area contributed by atoms with Gasteiger partial charge in [-0.05, 0) is 24.2 Å². The van der Waals surface area contributed by atoms with Crippen molar-refractivity contribution in [2.75, 3.05) is 13.2 Å². The first kappa shape index (κ1) is 16.4. The fraction of sp³-hybridized carbons (Fsp3) is 0.933. The van der Waals surface area contributed by atoms with E-state index in [-0.39, 0.29) is 18.6 Å². The molecule has 0 radical (unpaired) electrons. The number of carbonyl (C=O) groups is 1. The summed E-state index contributed by atoms with van der Waals surface area (Å²) in [6.07, 6.45) is 3.56. The van der Waals surface area contributed by atoms with Gasteiger partial charge >= 0.3 is 0 Å². The molecule has 1 aliphatic rings. The van der Waals surface area contributed by atoms with Crippen molar-refractivity contribution >= 4 is 5.91 Å². The first-order valence-corrected chi connectivity index (χ1v) is 7.59. The molecule has 1 saturated carbocycles. The number of nitrogens with one attached hydrogen (secondary N) is 2. The topological polar surface area (TPSA) is 61.4 Å². The zero-order valence-corrected chi connectivity index (χ0v) is 12.8. The highest BCUT2D eigenvalue weighted by Gasteiger charge is 2.28. The maximum absolute atomic E-state index is 12.0. The largest absolute Gasteiger partial charge is 0.395 e. The summed E-state index contributed by atoms with van der Waals surface area (Å²) in [7, 11) is 0. The van der Waals surface area contributed by atoms with Gasteiger partial charge in [-0.2, -0.15) is 0 Å². The monoisotopic (exact) mass is 270 g/mol. The molecule has 0 spiro atoms. The van der Waals surface area contributed by atoms with Crippen LogP contribution >= 0.6 is 0 Å². The van der Waals surface area contributed by atoms with Gasteiger partial charge in [0.1, 0.15) is 0 Å². The van der Waals surface area contributed by atoms with E-state index < -0.39 is 0 Å². The Morgan fingerprint density at radius 2 is 2.00 bits per heavy atom. The van der Waals surface area contributed by atoms with Crippen LogP contribution < -0.4 is 10.6 Å². The number of amides is 1. The number of carbonyl (C=O) groups excluding carboxylic acids is 1. The molecule has 0 heterocycles. The summed E-state index contributed by atoms with van der Waals surface area (Å²) in [5.41, 5.74) is 0. The maximum atomic E-state index is 12.0. The lowest BCUT2D eigenvalue weighted by Crippen LogP contribution is -2.49. The van der Waals surface area contributed by atoms with Crippen molar-refractivity contribution < 1.29 is 9.90 Å². The molecule has 0 aromatic heterocycles. The van der Waals surface area contributed by atoms with Crippen molar-refractivity contribution in [2.45, 2.75) is 59.0 Å². The van der Waals surface area contributed by atoms with Crippen LogP contribution in [0.5, 0.6) is 0 Å². The van der Waals surface area contributed by atoms with Crippen molar-refractivity contribution in [2.24, 2.45) is 17.8 Å². The van der Waals surface area contributed by atoms with E-state index in [1.807, 2.05) is 13.8 Å². The van der Waals surface area contributed by atoms with Crippen molar-refractivity contribution in [1.82, 2.24) is 10.6 Å². The van der Waals surface area contributed by atoms with Gasteiger partial charge in [0.2, 0.25) is 5.91 Å². The average Bonchev–Trinajstić information content (AvgIpc) is 2.35. The van der Waals surface area contributed by atoms with Crippen LogP contribution in [0.2, 0.25) is 0 Å². The smallest absolute Gasteiger partial charge is 0.234 e. The van der Waals surface area contributed by atoms with Gasteiger partial charge in [0.25, 0.3) is 0 Å². The summed E-state index contributed by atoms with van der Waals surface area (Å²) in [4.78, 5) is 12.0. The van der Waals surface area contributed by atoms with E-state index in [4.69, 9.17) is 0 Å². The predicted molar refractivity (Wildman–Crippen MR) is 77.8 cm³/mol. The predicted octanol–water partition coefficient (Wildman–Crippen LogP) is 1.53. The normalized spacial score (nSPS) is 29.3. The van der Waals surface area contributed by atoms with Gasteiger partial charge in [-0.1, -0.05) is 40.5 Å². The minimum absolute atomic E-state index is 0.00606. The number of hydrogen-bond acceptors (Lipinski definition) is 3. The Kier molecular flexibility index (Phi) is 6.80. The quantitative estimate of drug-likeness (QED) is 0.686. The van der Waals surface area contributed by atoms with E-state index in [0.717, 1.165) is 6.42 Å². The van der Waals surface area contributed by atoms with E-state index in [2.05, 4.69) is 24.5 Å². The van der Waals surface area contributed by atoms with E-state index in [9.17, 15) is 9.90 Å². The molecule has 1 aliphatic carbocycles. The van der Waals surface area contributed by atoms with Gasteiger partial charge < -0.3 is 15.7 Å². The van der Waals surface area contributed by atoms with Crippen molar-refractivity contribution in [3.63, 3.8) is 0 Å². The van der Waals surface area contributed by atoms with Crippen LogP contribution in [0.15, 0.2) is 0 Å². The molecule has 0 aromatic rings. The van der Waals surface area contributed by atoms with Crippen LogP contribution in [0.3, 0.4) is 0 Å². The second-order valence-electron chi connectivity index (χ2n) is 6.36. The standard InChI is InChI=1S/C15H30N2O2/c1-10(2)14(9-18)16-8-15(19)17-13-7-5-6-11(3)12(13)4/h10-14,16,18H,5-9H2,1-4H3,(H,17,19)/t11-,12+,13+,14-/m1/s1. The molecule has 1 fully saturated rings. The third-order valence-corrected chi connectivity index (χ3v) is 4.58. The highest BCUT2D eigenvalue weighted by atomic mass is 16.3. The summed E-state index contributed by atoms with van der Waals surface area (Å²) in [6.45, 7) is 8.94. The summed E-state index contributed by atoms with van der Waals surface area (Å²) in [5, 5.41) is 15.5. The Morgan fingerprint density at radius 1 is 1.32 bits per heavy atom. The van der Waals surface area contributed by atoms with Crippen LogP contribution in [-0.2, 0) is 4.79 Å². The van der Waals surface area contributed by atoms with E-state index in [1.54, 1.807) is 0 Å². The lowest BCUT2D eigenvalue weighted by Gasteiger charge is -2.34.